The zero-order valence-electron chi connectivity index (χ0n) is 17.6. The third kappa shape index (κ3) is 4.70. The minimum absolute atomic E-state index is 0.00364. The predicted molar refractivity (Wildman–Crippen MR) is 117 cm³/mol. The third-order valence-corrected chi connectivity index (χ3v) is 6.16. The van der Waals surface area contributed by atoms with Crippen LogP contribution in [-0.4, -0.2) is 40.5 Å². The number of carbonyl (C=O) groups excluding carboxylic acids is 2. The molecule has 1 aromatic heterocycles. The molecule has 1 aliphatic heterocycles. The maximum atomic E-state index is 12.6. The van der Waals surface area contributed by atoms with Gasteiger partial charge in [0.25, 0.3) is 5.56 Å². The summed E-state index contributed by atoms with van der Waals surface area (Å²) in [6, 6.07) is 7.43. The first-order chi connectivity index (χ1) is 15.1. The smallest absolute Gasteiger partial charge is 0.262 e. The van der Waals surface area contributed by atoms with Crippen molar-refractivity contribution in [3.05, 3.63) is 34.6 Å². The van der Waals surface area contributed by atoms with Gasteiger partial charge in [-0.15, -0.1) is 0 Å². The van der Waals surface area contributed by atoms with Gasteiger partial charge in [0.15, 0.2) is 0 Å². The highest BCUT2D eigenvalue weighted by atomic mass is 16.2. The molecule has 0 radical (unpaired) electrons. The van der Waals surface area contributed by atoms with Crippen LogP contribution >= 0.6 is 0 Å². The molecule has 31 heavy (non-hydrogen) atoms. The fourth-order valence-corrected chi connectivity index (χ4v) is 4.40. The van der Waals surface area contributed by atoms with E-state index in [9.17, 15) is 14.4 Å². The molecule has 3 unspecified atom stereocenters. The van der Waals surface area contributed by atoms with Crippen LogP contribution in [-0.2, 0) is 16.1 Å². The Morgan fingerprint density at radius 2 is 2.10 bits per heavy atom. The third-order valence-electron chi connectivity index (χ3n) is 6.16. The van der Waals surface area contributed by atoms with Crippen LogP contribution in [0.3, 0.4) is 0 Å². The summed E-state index contributed by atoms with van der Waals surface area (Å²) in [5, 5.41) is 3.40. The minimum Gasteiger partial charge on any atom is -0.355 e. The molecule has 1 aromatic carbocycles. The monoisotopic (exact) mass is 427 g/mol. The fraction of sp³-hybridized carbons (Fsp3) is 0.524. The Morgan fingerprint density at radius 1 is 1.26 bits per heavy atom. The van der Waals surface area contributed by atoms with E-state index in [0.29, 0.717) is 29.4 Å². The molecule has 4 rings (SSSR count). The van der Waals surface area contributed by atoms with Crippen LogP contribution < -0.4 is 32.6 Å². The van der Waals surface area contributed by atoms with Crippen molar-refractivity contribution in [2.45, 2.75) is 45.2 Å². The number of hydrogen-bond donors (Lipinski definition) is 5. The van der Waals surface area contributed by atoms with E-state index in [1.54, 1.807) is 18.2 Å². The molecular formula is C21H29N7O3. The second-order valence-electron chi connectivity index (χ2n) is 8.12. The van der Waals surface area contributed by atoms with Gasteiger partial charge in [0.1, 0.15) is 0 Å². The summed E-state index contributed by atoms with van der Waals surface area (Å²) in [4.78, 5) is 41.7. The van der Waals surface area contributed by atoms with Crippen LogP contribution in [0, 0.1) is 11.8 Å². The van der Waals surface area contributed by atoms with E-state index in [4.69, 9.17) is 0 Å². The number of para-hydroxylation sites is 1. The minimum atomic E-state index is -0.296. The summed E-state index contributed by atoms with van der Waals surface area (Å²) < 4.78 is 1.46. The number of hydrogen-bond acceptors (Lipinski definition) is 7. The predicted octanol–water partition coefficient (Wildman–Crippen LogP) is 0.258. The second kappa shape index (κ2) is 9.44. The summed E-state index contributed by atoms with van der Waals surface area (Å²) in [6.07, 6.45) is 2.86. The Hall–Kier alpha value is -2.98. The number of nitrogens with one attached hydrogen (secondary N) is 5. The molecule has 2 heterocycles. The number of carbonyl (C=O) groups is 2. The van der Waals surface area contributed by atoms with Gasteiger partial charge in [-0.1, -0.05) is 12.1 Å². The van der Waals surface area contributed by atoms with Crippen molar-refractivity contribution in [2.24, 2.45) is 11.8 Å². The Morgan fingerprint density at radius 3 is 2.94 bits per heavy atom. The van der Waals surface area contributed by atoms with Gasteiger partial charge < -0.3 is 5.32 Å². The standard InChI is InChI=1S/C21H29N7O3/c1-2-28-20(31)15-5-3-4-6-16(15)24-21(28)27-26-18(29)9-10-22-19(30)13-7-8-14-12-23-25-17(14)11-13/h3-6,13-14,17,23,25H,2,7-12H2,1H3,(H,22,30)(H,24,27)(H,26,29). The average molecular weight is 428 g/mol. The molecule has 10 heteroatoms. The highest BCUT2D eigenvalue weighted by Crippen LogP contribution is 2.30. The van der Waals surface area contributed by atoms with Crippen molar-refractivity contribution >= 4 is 28.7 Å². The van der Waals surface area contributed by atoms with E-state index in [2.05, 4.69) is 32.0 Å². The number of amides is 2. The van der Waals surface area contributed by atoms with E-state index in [-0.39, 0.29) is 42.2 Å². The largest absolute Gasteiger partial charge is 0.355 e. The van der Waals surface area contributed by atoms with Crippen molar-refractivity contribution in [2.75, 3.05) is 18.5 Å². The van der Waals surface area contributed by atoms with Gasteiger partial charge in [0.05, 0.1) is 10.9 Å². The Kier molecular flexibility index (Phi) is 6.47. The van der Waals surface area contributed by atoms with E-state index >= 15 is 0 Å². The number of rotatable bonds is 7. The molecule has 1 saturated heterocycles. The highest BCUT2D eigenvalue weighted by molar-refractivity contribution is 5.81. The molecule has 0 spiro atoms. The van der Waals surface area contributed by atoms with Crippen molar-refractivity contribution in [1.82, 2.24) is 31.1 Å². The van der Waals surface area contributed by atoms with Crippen LogP contribution in [0.25, 0.3) is 10.9 Å². The van der Waals surface area contributed by atoms with Crippen LogP contribution in [0.2, 0.25) is 0 Å². The Balaban J connectivity index is 1.26. The molecular weight excluding hydrogens is 398 g/mol. The summed E-state index contributed by atoms with van der Waals surface area (Å²) in [5.74, 6) is 0.568. The van der Waals surface area contributed by atoms with Gasteiger partial charge in [0, 0.05) is 38.0 Å². The van der Waals surface area contributed by atoms with Crippen molar-refractivity contribution in [3.63, 3.8) is 0 Å². The maximum absolute atomic E-state index is 12.6. The van der Waals surface area contributed by atoms with Crippen LogP contribution in [0.5, 0.6) is 0 Å². The van der Waals surface area contributed by atoms with Gasteiger partial charge in [-0.2, -0.15) is 0 Å². The van der Waals surface area contributed by atoms with Crippen LogP contribution in [0.1, 0.15) is 32.6 Å². The Labute approximate surface area is 180 Å². The molecule has 0 bridgehead atoms. The normalized spacial score (nSPS) is 22.7. The van der Waals surface area contributed by atoms with E-state index in [0.717, 1.165) is 25.8 Å². The number of anilines is 1. The molecule has 166 valence electrons. The lowest BCUT2D eigenvalue weighted by Gasteiger charge is -2.29. The first-order valence-corrected chi connectivity index (χ1v) is 10.9. The number of aromatic nitrogens is 2. The molecule has 3 atom stereocenters. The van der Waals surface area contributed by atoms with Gasteiger partial charge in [-0.05, 0) is 44.2 Å². The van der Waals surface area contributed by atoms with Gasteiger partial charge in [0.2, 0.25) is 17.8 Å². The van der Waals surface area contributed by atoms with E-state index in [1.807, 2.05) is 13.0 Å². The molecule has 1 saturated carbocycles. The molecule has 1 aliphatic carbocycles. The molecule has 2 aromatic rings. The van der Waals surface area contributed by atoms with E-state index < -0.39 is 0 Å². The van der Waals surface area contributed by atoms with Crippen molar-refractivity contribution in [3.8, 4) is 0 Å². The van der Waals surface area contributed by atoms with Crippen molar-refractivity contribution in [1.29, 1.82) is 0 Å². The summed E-state index contributed by atoms with van der Waals surface area (Å²) in [5.41, 5.74) is 12.1. The molecule has 2 amide bonds. The lowest BCUT2D eigenvalue weighted by Crippen LogP contribution is -2.42. The number of nitrogens with zero attached hydrogens (tertiary/aromatic N) is 2. The van der Waals surface area contributed by atoms with E-state index in [1.165, 1.54) is 4.57 Å². The van der Waals surface area contributed by atoms with Gasteiger partial charge >= 0.3 is 0 Å². The second-order valence-corrected chi connectivity index (χ2v) is 8.12. The van der Waals surface area contributed by atoms with Gasteiger partial charge in [-0.3, -0.25) is 40.7 Å². The summed E-state index contributed by atoms with van der Waals surface area (Å²) in [6.45, 7) is 3.47. The lowest BCUT2D eigenvalue weighted by molar-refractivity contribution is -0.126. The zero-order chi connectivity index (χ0) is 21.8. The van der Waals surface area contributed by atoms with Crippen LogP contribution in [0.15, 0.2) is 29.1 Å². The highest BCUT2D eigenvalue weighted by Gasteiger charge is 2.36. The molecule has 10 nitrogen and oxygen atoms in total. The number of benzene rings is 1. The first kappa shape index (κ1) is 21.3. The lowest BCUT2D eigenvalue weighted by atomic mass is 9.79. The first-order valence-electron chi connectivity index (χ1n) is 10.9. The average Bonchev–Trinajstić information content (AvgIpc) is 3.25. The van der Waals surface area contributed by atoms with Gasteiger partial charge in [-0.25, -0.2) is 4.98 Å². The molecule has 2 fully saturated rings. The molecule has 2 aliphatic rings. The zero-order valence-corrected chi connectivity index (χ0v) is 17.6. The Bertz CT molecular complexity index is 1020. The SMILES string of the molecule is CCn1c(NNC(=O)CCNC(=O)C2CCC3CNNC3C2)nc2ccccc2c1=O. The molecule has 5 N–H and O–H groups in total. The number of fused-ring (bicyclic) bond motifs is 2. The maximum Gasteiger partial charge on any atom is 0.262 e. The van der Waals surface area contributed by atoms with Crippen molar-refractivity contribution < 1.29 is 9.59 Å². The summed E-state index contributed by atoms with van der Waals surface area (Å²) >= 11 is 0. The fourth-order valence-electron chi connectivity index (χ4n) is 4.40. The quantitative estimate of drug-likeness (QED) is 0.401. The summed E-state index contributed by atoms with van der Waals surface area (Å²) in [7, 11) is 0. The topological polar surface area (TPSA) is 129 Å². The number of hydrazine groups is 2. The van der Waals surface area contributed by atoms with Crippen LogP contribution in [0.4, 0.5) is 5.95 Å².